The minimum atomic E-state index is -0.679. The number of allylic oxidation sites excluding steroid dienone is 3. The van der Waals surface area contributed by atoms with Crippen LogP contribution in [-0.2, 0) is 21.4 Å². The van der Waals surface area contributed by atoms with Crippen molar-refractivity contribution in [3.8, 4) is 0 Å². The Balaban J connectivity index is 2.33. The van der Waals surface area contributed by atoms with E-state index in [1.165, 1.54) is 12.7 Å². The highest BCUT2D eigenvalue weighted by atomic mass is 16.5. The fourth-order valence-corrected chi connectivity index (χ4v) is 4.05. The lowest BCUT2D eigenvalue weighted by Gasteiger charge is -2.45. The van der Waals surface area contributed by atoms with Crippen molar-refractivity contribution in [3.63, 3.8) is 0 Å². The molecule has 1 heterocycles. The lowest BCUT2D eigenvalue weighted by Crippen LogP contribution is -2.47. The van der Waals surface area contributed by atoms with Crippen LogP contribution in [0.25, 0.3) is 0 Å². The highest BCUT2D eigenvalue weighted by Gasteiger charge is 2.52. The van der Waals surface area contributed by atoms with Crippen molar-refractivity contribution in [1.82, 2.24) is 4.98 Å². The third kappa shape index (κ3) is 1.87. The lowest BCUT2D eigenvalue weighted by molar-refractivity contribution is -0.146. The first kappa shape index (κ1) is 14.1. The van der Waals surface area contributed by atoms with Gasteiger partial charge in [0, 0.05) is 23.7 Å². The Morgan fingerprint density at radius 3 is 2.86 bits per heavy atom. The Kier molecular flexibility index (Phi) is 3.23. The summed E-state index contributed by atoms with van der Waals surface area (Å²) in [6, 6.07) is 4.05. The maximum Gasteiger partial charge on any atom is 0.320 e. The molecule has 0 N–H and O–H groups in total. The summed E-state index contributed by atoms with van der Waals surface area (Å²) in [7, 11) is 1.48. The van der Waals surface area contributed by atoms with Crippen LogP contribution >= 0.6 is 0 Å². The highest BCUT2D eigenvalue weighted by Crippen LogP contribution is 2.51. The molecule has 0 amide bonds. The number of ether oxygens (including phenoxy) is 1. The minimum Gasteiger partial charge on any atom is -0.468 e. The number of aryl methyl sites for hydroxylation is 1. The van der Waals surface area contributed by atoms with Gasteiger partial charge in [0.2, 0.25) is 0 Å². The summed E-state index contributed by atoms with van der Waals surface area (Å²) in [5.41, 5.74) is 4.80. The number of hydrogen-bond donors (Lipinski definition) is 0. The molecule has 0 spiro atoms. The molecule has 2 aliphatic rings. The van der Waals surface area contributed by atoms with E-state index in [1.54, 1.807) is 0 Å². The number of carbonyl (C=O) groups excluding carboxylic acids is 1. The second-order valence-electron chi connectivity index (χ2n) is 6.09. The van der Waals surface area contributed by atoms with Crippen LogP contribution in [0, 0.1) is 12.8 Å². The molecule has 0 aromatic carbocycles. The molecule has 3 rings (SSSR count). The van der Waals surface area contributed by atoms with Crippen molar-refractivity contribution in [2.45, 2.75) is 39.0 Å². The summed E-state index contributed by atoms with van der Waals surface area (Å²) in [6.45, 7) is 6.11. The van der Waals surface area contributed by atoms with Gasteiger partial charge in [-0.1, -0.05) is 23.8 Å². The Morgan fingerprint density at radius 1 is 1.43 bits per heavy atom. The van der Waals surface area contributed by atoms with Gasteiger partial charge in [-0.15, -0.1) is 0 Å². The van der Waals surface area contributed by atoms with Crippen LogP contribution in [0.5, 0.6) is 0 Å². The summed E-state index contributed by atoms with van der Waals surface area (Å²) < 4.78 is 5.20. The molecule has 0 unspecified atom stereocenters. The van der Waals surface area contributed by atoms with Gasteiger partial charge in [0.05, 0.1) is 7.11 Å². The first-order valence-electron chi connectivity index (χ1n) is 7.42. The van der Waals surface area contributed by atoms with E-state index in [4.69, 9.17) is 4.74 Å². The fraction of sp³-hybridized carbons (Fsp3) is 0.444. The van der Waals surface area contributed by atoms with Crippen molar-refractivity contribution >= 4 is 5.97 Å². The van der Waals surface area contributed by atoms with Crippen molar-refractivity contribution < 1.29 is 9.53 Å². The second-order valence-corrected chi connectivity index (χ2v) is 6.09. The van der Waals surface area contributed by atoms with E-state index in [2.05, 4.69) is 30.1 Å². The molecular formula is C18H21NO2. The van der Waals surface area contributed by atoms with Crippen LogP contribution in [0.3, 0.4) is 0 Å². The molecule has 3 nitrogen and oxygen atoms in total. The van der Waals surface area contributed by atoms with Crippen LogP contribution in [0.2, 0.25) is 0 Å². The molecule has 0 fully saturated rings. The zero-order valence-corrected chi connectivity index (χ0v) is 13.1. The van der Waals surface area contributed by atoms with Crippen LogP contribution in [0.1, 0.15) is 37.2 Å². The van der Waals surface area contributed by atoms with Crippen LogP contribution in [0.15, 0.2) is 35.4 Å². The number of carbonyl (C=O) groups is 1. The molecule has 21 heavy (non-hydrogen) atoms. The van der Waals surface area contributed by atoms with E-state index in [1.807, 2.05) is 19.9 Å². The van der Waals surface area contributed by atoms with Gasteiger partial charge in [-0.05, 0) is 44.4 Å². The molecule has 2 atom stereocenters. The fourth-order valence-electron chi connectivity index (χ4n) is 4.05. The second kappa shape index (κ2) is 4.83. The highest BCUT2D eigenvalue weighted by molar-refractivity contribution is 5.89. The zero-order chi connectivity index (χ0) is 15.2. The Labute approximate surface area is 125 Å². The lowest BCUT2D eigenvalue weighted by atomic mass is 9.58. The van der Waals surface area contributed by atoms with E-state index in [0.29, 0.717) is 6.42 Å². The molecule has 2 aliphatic carbocycles. The number of hydrogen-bond acceptors (Lipinski definition) is 3. The Bertz CT molecular complexity index is 672. The number of methoxy groups -OCH3 is 1. The first-order chi connectivity index (χ1) is 10.0. The van der Waals surface area contributed by atoms with Gasteiger partial charge in [0.1, 0.15) is 5.41 Å². The Morgan fingerprint density at radius 2 is 2.19 bits per heavy atom. The largest absolute Gasteiger partial charge is 0.468 e. The number of fused-ring (bicyclic) bond motifs is 4. The SMILES string of the molecule is C/C=C1/[C@H]2C=C(C)C[C@]1(C(=O)OC)c1ccc(C)nc1C2. The molecule has 2 bridgehead atoms. The molecule has 1 aromatic heterocycles. The summed E-state index contributed by atoms with van der Waals surface area (Å²) in [5.74, 6) is 0.0873. The van der Waals surface area contributed by atoms with E-state index in [0.717, 1.165) is 28.9 Å². The maximum absolute atomic E-state index is 12.7. The molecule has 3 heteroatoms. The summed E-state index contributed by atoms with van der Waals surface area (Å²) in [6.07, 6.45) is 5.93. The molecule has 0 radical (unpaired) electrons. The molecular weight excluding hydrogens is 262 g/mol. The predicted octanol–water partition coefficient (Wildman–Crippen LogP) is 3.27. The maximum atomic E-state index is 12.7. The van der Waals surface area contributed by atoms with Gasteiger partial charge in [0.15, 0.2) is 0 Å². The van der Waals surface area contributed by atoms with E-state index in [9.17, 15) is 4.79 Å². The Hall–Kier alpha value is -1.90. The molecule has 0 saturated carbocycles. The van der Waals surface area contributed by atoms with E-state index >= 15 is 0 Å². The third-order valence-electron chi connectivity index (χ3n) is 4.75. The monoisotopic (exact) mass is 283 g/mol. The molecule has 0 aliphatic heterocycles. The van der Waals surface area contributed by atoms with E-state index in [-0.39, 0.29) is 11.9 Å². The minimum absolute atomic E-state index is 0.167. The zero-order valence-electron chi connectivity index (χ0n) is 13.1. The van der Waals surface area contributed by atoms with Crippen molar-refractivity contribution in [2.75, 3.05) is 7.11 Å². The van der Waals surface area contributed by atoms with Crippen molar-refractivity contribution in [2.24, 2.45) is 5.92 Å². The topological polar surface area (TPSA) is 39.2 Å². The van der Waals surface area contributed by atoms with Gasteiger partial charge in [-0.2, -0.15) is 0 Å². The smallest absolute Gasteiger partial charge is 0.320 e. The average Bonchev–Trinajstić information content (AvgIpc) is 2.45. The van der Waals surface area contributed by atoms with Crippen molar-refractivity contribution in [3.05, 3.63) is 52.4 Å². The van der Waals surface area contributed by atoms with Crippen LogP contribution in [0.4, 0.5) is 0 Å². The van der Waals surface area contributed by atoms with Gasteiger partial charge in [-0.25, -0.2) is 0 Å². The number of esters is 1. The number of pyridine rings is 1. The predicted molar refractivity (Wildman–Crippen MR) is 82.0 cm³/mol. The van der Waals surface area contributed by atoms with Gasteiger partial charge in [-0.3, -0.25) is 9.78 Å². The summed E-state index contributed by atoms with van der Waals surface area (Å²) in [5, 5.41) is 0. The van der Waals surface area contributed by atoms with Gasteiger partial charge >= 0.3 is 5.97 Å². The van der Waals surface area contributed by atoms with Crippen LogP contribution in [-0.4, -0.2) is 18.1 Å². The first-order valence-corrected chi connectivity index (χ1v) is 7.42. The molecule has 0 saturated heterocycles. The molecule has 1 aromatic rings. The number of nitrogens with zero attached hydrogens (tertiary/aromatic N) is 1. The number of rotatable bonds is 1. The summed E-state index contributed by atoms with van der Waals surface area (Å²) in [4.78, 5) is 17.4. The van der Waals surface area contributed by atoms with Crippen LogP contribution < -0.4 is 0 Å². The number of aromatic nitrogens is 1. The van der Waals surface area contributed by atoms with Crippen molar-refractivity contribution in [1.29, 1.82) is 0 Å². The quantitative estimate of drug-likeness (QED) is 0.586. The van der Waals surface area contributed by atoms with Gasteiger partial charge < -0.3 is 4.74 Å². The third-order valence-corrected chi connectivity index (χ3v) is 4.75. The average molecular weight is 283 g/mol. The molecule has 110 valence electrons. The summed E-state index contributed by atoms with van der Waals surface area (Å²) >= 11 is 0. The normalized spacial score (nSPS) is 28.9. The van der Waals surface area contributed by atoms with Gasteiger partial charge in [0.25, 0.3) is 0 Å². The van der Waals surface area contributed by atoms with E-state index < -0.39 is 5.41 Å². The standard InChI is InChI=1S/C18H21NO2/c1-5-14-13-8-11(2)10-18(14,17(20)21-4)15-7-6-12(3)19-16(15)9-13/h5-8,13H,9-10H2,1-4H3/b14-5-/t13-,18+/m0/s1.